The van der Waals surface area contributed by atoms with Crippen LogP contribution in [0.1, 0.15) is 44.3 Å². The van der Waals surface area contributed by atoms with Crippen LogP contribution in [0.5, 0.6) is 0 Å². The molecular weight excluding hydrogens is 324 g/mol. The molecule has 2 fully saturated rings. The quantitative estimate of drug-likeness (QED) is 0.847. The Morgan fingerprint density at radius 1 is 1.32 bits per heavy atom. The standard InChI is InChI=1S/C18H24N2O5/c21-16-10-13(11-19(16)12-15-5-3-9-25-15)18(24)20-8-2-1-4-14(20)6-7-17(22)23/h3,5,9,13-14H,1-2,4,6-8,10-12H2,(H,22,23)/t13-,14+/m0/s1. The summed E-state index contributed by atoms with van der Waals surface area (Å²) in [6.07, 6.45) is 5.14. The monoisotopic (exact) mass is 348 g/mol. The lowest BCUT2D eigenvalue weighted by molar-refractivity contribution is -0.142. The minimum absolute atomic E-state index is 0.00890. The molecule has 7 heteroatoms. The van der Waals surface area contributed by atoms with Crippen LogP contribution < -0.4 is 0 Å². The maximum absolute atomic E-state index is 12.9. The zero-order valence-corrected chi connectivity index (χ0v) is 14.2. The lowest BCUT2D eigenvalue weighted by Crippen LogP contribution is -2.47. The van der Waals surface area contributed by atoms with Crippen molar-refractivity contribution in [3.63, 3.8) is 0 Å². The summed E-state index contributed by atoms with van der Waals surface area (Å²) in [5, 5.41) is 8.91. The highest BCUT2D eigenvalue weighted by atomic mass is 16.4. The molecule has 2 atom stereocenters. The van der Waals surface area contributed by atoms with E-state index in [-0.39, 0.29) is 36.6 Å². The fourth-order valence-electron chi connectivity index (χ4n) is 3.80. The molecule has 0 radical (unpaired) electrons. The van der Waals surface area contributed by atoms with Gasteiger partial charge in [0.1, 0.15) is 5.76 Å². The Hall–Kier alpha value is -2.31. The van der Waals surface area contributed by atoms with Crippen molar-refractivity contribution < 1.29 is 23.9 Å². The van der Waals surface area contributed by atoms with Crippen LogP contribution in [0.25, 0.3) is 0 Å². The highest BCUT2D eigenvalue weighted by Crippen LogP contribution is 2.27. The van der Waals surface area contributed by atoms with E-state index >= 15 is 0 Å². The molecular formula is C18H24N2O5. The number of furan rings is 1. The number of piperidine rings is 1. The van der Waals surface area contributed by atoms with E-state index in [1.807, 2.05) is 11.0 Å². The molecule has 2 saturated heterocycles. The average Bonchev–Trinajstić information content (AvgIpc) is 3.23. The number of carboxylic acid groups (broad SMARTS) is 1. The van der Waals surface area contributed by atoms with Gasteiger partial charge in [-0.15, -0.1) is 0 Å². The van der Waals surface area contributed by atoms with Crippen molar-refractivity contribution >= 4 is 17.8 Å². The molecule has 0 aliphatic carbocycles. The summed E-state index contributed by atoms with van der Waals surface area (Å²) in [4.78, 5) is 39.5. The molecule has 1 aromatic heterocycles. The SMILES string of the molecule is O=C(O)CC[C@H]1CCCCN1C(=O)[C@H]1CC(=O)N(Cc2ccco2)C1. The second kappa shape index (κ2) is 7.72. The molecule has 136 valence electrons. The van der Waals surface area contributed by atoms with E-state index in [1.54, 1.807) is 17.2 Å². The summed E-state index contributed by atoms with van der Waals surface area (Å²) in [6.45, 7) is 1.45. The Balaban J connectivity index is 1.61. The number of nitrogens with zero attached hydrogens (tertiary/aromatic N) is 2. The van der Waals surface area contributed by atoms with Crippen LogP contribution in [0, 0.1) is 5.92 Å². The van der Waals surface area contributed by atoms with Crippen LogP contribution in [0.2, 0.25) is 0 Å². The van der Waals surface area contributed by atoms with Gasteiger partial charge in [-0.1, -0.05) is 0 Å². The molecule has 1 aromatic rings. The van der Waals surface area contributed by atoms with Gasteiger partial charge >= 0.3 is 5.97 Å². The number of hydrogen-bond acceptors (Lipinski definition) is 4. The number of carbonyl (C=O) groups excluding carboxylic acids is 2. The normalized spacial score (nSPS) is 23.9. The third kappa shape index (κ3) is 4.21. The van der Waals surface area contributed by atoms with E-state index in [0.717, 1.165) is 19.3 Å². The zero-order chi connectivity index (χ0) is 17.8. The number of rotatable bonds is 6. The maximum atomic E-state index is 12.9. The van der Waals surface area contributed by atoms with Crippen LogP contribution in [0.3, 0.4) is 0 Å². The van der Waals surface area contributed by atoms with Crippen LogP contribution >= 0.6 is 0 Å². The van der Waals surface area contributed by atoms with Gasteiger partial charge in [-0.3, -0.25) is 14.4 Å². The zero-order valence-electron chi connectivity index (χ0n) is 14.2. The number of amides is 2. The third-order valence-electron chi connectivity index (χ3n) is 5.09. The summed E-state index contributed by atoms with van der Waals surface area (Å²) in [7, 11) is 0. The first-order valence-electron chi connectivity index (χ1n) is 8.87. The molecule has 0 unspecified atom stereocenters. The summed E-state index contributed by atoms with van der Waals surface area (Å²) >= 11 is 0. The average molecular weight is 348 g/mol. The Bertz CT molecular complexity index is 627. The van der Waals surface area contributed by atoms with Gasteiger partial charge in [-0.25, -0.2) is 0 Å². The number of aliphatic carboxylic acids is 1. The molecule has 1 N–H and O–H groups in total. The van der Waals surface area contributed by atoms with Gasteiger partial charge in [0.15, 0.2) is 0 Å². The lowest BCUT2D eigenvalue weighted by Gasteiger charge is -2.37. The molecule has 2 aliphatic rings. The highest BCUT2D eigenvalue weighted by molar-refractivity contribution is 5.89. The molecule has 0 bridgehead atoms. The van der Waals surface area contributed by atoms with Crippen molar-refractivity contribution in [2.75, 3.05) is 13.1 Å². The minimum atomic E-state index is -0.835. The van der Waals surface area contributed by atoms with Gasteiger partial charge in [0, 0.05) is 32.0 Å². The predicted octanol–water partition coefficient (Wildman–Crippen LogP) is 1.87. The second-order valence-electron chi connectivity index (χ2n) is 6.87. The van der Waals surface area contributed by atoms with E-state index < -0.39 is 5.97 Å². The first-order chi connectivity index (χ1) is 12.0. The molecule has 7 nitrogen and oxygen atoms in total. The van der Waals surface area contributed by atoms with Gasteiger partial charge < -0.3 is 19.3 Å². The van der Waals surface area contributed by atoms with Crippen molar-refractivity contribution in [1.82, 2.24) is 9.80 Å². The smallest absolute Gasteiger partial charge is 0.303 e. The molecule has 3 heterocycles. The molecule has 2 aliphatic heterocycles. The van der Waals surface area contributed by atoms with Gasteiger partial charge in [0.2, 0.25) is 11.8 Å². The van der Waals surface area contributed by atoms with Crippen LogP contribution in [0.15, 0.2) is 22.8 Å². The number of carboxylic acids is 1. The molecule has 3 rings (SSSR count). The second-order valence-corrected chi connectivity index (χ2v) is 6.87. The molecule has 2 amide bonds. The Morgan fingerprint density at radius 3 is 2.88 bits per heavy atom. The molecule has 0 spiro atoms. The topological polar surface area (TPSA) is 91.1 Å². The third-order valence-corrected chi connectivity index (χ3v) is 5.09. The van der Waals surface area contributed by atoms with Crippen molar-refractivity contribution in [3.8, 4) is 0 Å². The number of likely N-dealkylation sites (tertiary alicyclic amines) is 2. The van der Waals surface area contributed by atoms with Gasteiger partial charge in [0.05, 0.1) is 18.7 Å². The van der Waals surface area contributed by atoms with Crippen LogP contribution in [0.4, 0.5) is 0 Å². The molecule has 25 heavy (non-hydrogen) atoms. The Labute approximate surface area is 146 Å². The number of carbonyl (C=O) groups is 3. The fourth-order valence-corrected chi connectivity index (χ4v) is 3.80. The van der Waals surface area contributed by atoms with Crippen LogP contribution in [-0.4, -0.2) is 51.8 Å². The summed E-state index contributed by atoms with van der Waals surface area (Å²) in [6, 6.07) is 3.57. The molecule has 0 saturated carbocycles. The predicted molar refractivity (Wildman–Crippen MR) is 88.5 cm³/mol. The van der Waals surface area contributed by atoms with Gasteiger partial charge in [-0.2, -0.15) is 0 Å². The van der Waals surface area contributed by atoms with E-state index in [4.69, 9.17) is 9.52 Å². The number of hydrogen-bond donors (Lipinski definition) is 1. The fraction of sp³-hybridized carbons (Fsp3) is 0.611. The summed E-state index contributed by atoms with van der Waals surface area (Å²) < 4.78 is 5.28. The lowest BCUT2D eigenvalue weighted by atomic mass is 9.95. The minimum Gasteiger partial charge on any atom is -0.481 e. The summed E-state index contributed by atoms with van der Waals surface area (Å²) in [5.41, 5.74) is 0. The first kappa shape index (κ1) is 17.5. The Kier molecular flexibility index (Phi) is 5.40. The van der Waals surface area contributed by atoms with E-state index in [0.29, 0.717) is 31.8 Å². The maximum Gasteiger partial charge on any atom is 0.303 e. The van der Waals surface area contributed by atoms with Crippen molar-refractivity contribution in [1.29, 1.82) is 0 Å². The molecule has 0 aromatic carbocycles. The van der Waals surface area contributed by atoms with Crippen molar-refractivity contribution in [3.05, 3.63) is 24.2 Å². The van der Waals surface area contributed by atoms with E-state index in [9.17, 15) is 14.4 Å². The van der Waals surface area contributed by atoms with Gasteiger partial charge in [-0.05, 0) is 37.8 Å². The first-order valence-corrected chi connectivity index (χ1v) is 8.87. The van der Waals surface area contributed by atoms with Gasteiger partial charge in [0.25, 0.3) is 0 Å². The summed E-state index contributed by atoms with van der Waals surface area (Å²) in [5.74, 6) is -0.510. The van der Waals surface area contributed by atoms with Crippen molar-refractivity contribution in [2.45, 2.75) is 51.1 Å². The van der Waals surface area contributed by atoms with E-state index in [1.165, 1.54) is 0 Å². The van der Waals surface area contributed by atoms with E-state index in [2.05, 4.69) is 0 Å². The largest absolute Gasteiger partial charge is 0.481 e. The Morgan fingerprint density at radius 2 is 2.16 bits per heavy atom. The van der Waals surface area contributed by atoms with Crippen molar-refractivity contribution in [2.24, 2.45) is 5.92 Å². The van der Waals surface area contributed by atoms with Crippen LogP contribution in [-0.2, 0) is 20.9 Å². The highest BCUT2D eigenvalue weighted by Gasteiger charge is 2.39.